The van der Waals surface area contributed by atoms with E-state index < -0.39 is 0 Å². The molecular weight excluding hydrogens is 241 g/mol. The Kier molecular flexibility index (Phi) is 3.60. The van der Waals surface area contributed by atoms with Crippen LogP contribution in [0.5, 0.6) is 0 Å². The van der Waals surface area contributed by atoms with Crippen LogP contribution in [0.3, 0.4) is 0 Å². The van der Waals surface area contributed by atoms with Gasteiger partial charge in [-0.05, 0) is 36.2 Å². The Hall–Kier alpha value is -2.23. The van der Waals surface area contributed by atoms with E-state index in [1.165, 1.54) is 12.1 Å². The van der Waals surface area contributed by atoms with E-state index in [9.17, 15) is 4.39 Å². The topological polar surface area (TPSA) is 40.0 Å². The third-order valence-corrected chi connectivity index (χ3v) is 2.91. The maximum atomic E-state index is 13.2. The fourth-order valence-corrected chi connectivity index (χ4v) is 1.86. The molecule has 3 nitrogen and oxygen atoms in total. The molecule has 0 aliphatic carbocycles. The molecule has 0 unspecified atom stereocenters. The zero-order valence-electron chi connectivity index (χ0n) is 11.2. The summed E-state index contributed by atoms with van der Waals surface area (Å²) >= 11 is 0. The van der Waals surface area contributed by atoms with Crippen molar-refractivity contribution in [3.63, 3.8) is 0 Å². The minimum atomic E-state index is -0.264. The first-order valence-corrected chi connectivity index (χ1v) is 5.98. The van der Waals surface area contributed by atoms with Crippen LogP contribution in [0, 0.1) is 18.2 Å². The van der Waals surface area contributed by atoms with Crippen molar-refractivity contribution >= 4 is 5.84 Å². The first-order chi connectivity index (χ1) is 8.99. The number of hydrogen-bond donors (Lipinski definition) is 1. The Labute approximate surface area is 112 Å². The highest BCUT2D eigenvalue weighted by Gasteiger charge is 2.10. The number of aryl methyl sites for hydroxylation is 1. The standard InChI is InChI=1S/C15H16FN3/c1-10-7-12(11-5-4-6-13(16)8-11)9-18-14(10)15(17)19(2)3/h4-9,17H,1-3H3. The number of aromatic nitrogens is 1. The molecule has 2 rings (SSSR count). The van der Waals surface area contributed by atoms with E-state index in [0.717, 1.165) is 16.7 Å². The summed E-state index contributed by atoms with van der Waals surface area (Å²) in [7, 11) is 3.62. The summed E-state index contributed by atoms with van der Waals surface area (Å²) in [6, 6.07) is 8.34. The van der Waals surface area contributed by atoms with E-state index in [1.54, 1.807) is 17.2 Å². The van der Waals surface area contributed by atoms with Crippen molar-refractivity contribution in [3.05, 3.63) is 53.6 Å². The summed E-state index contributed by atoms with van der Waals surface area (Å²) in [6.45, 7) is 1.91. The lowest BCUT2D eigenvalue weighted by atomic mass is 10.0. The van der Waals surface area contributed by atoms with Crippen LogP contribution in [-0.4, -0.2) is 29.8 Å². The second-order valence-electron chi connectivity index (χ2n) is 4.64. The largest absolute Gasteiger partial charge is 0.361 e. The molecule has 0 atom stereocenters. The quantitative estimate of drug-likeness (QED) is 0.663. The van der Waals surface area contributed by atoms with E-state index in [-0.39, 0.29) is 5.82 Å². The first kappa shape index (κ1) is 13.2. The van der Waals surface area contributed by atoms with Crippen LogP contribution >= 0.6 is 0 Å². The summed E-state index contributed by atoms with van der Waals surface area (Å²) in [5.41, 5.74) is 3.19. The van der Waals surface area contributed by atoms with Crippen LogP contribution in [0.2, 0.25) is 0 Å². The minimum Gasteiger partial charge on any atom is -0.361 e. The molecule has 19 heavy (non-hydrogen) atoms. The lowest BCUT2D eigenvalue weighted by Crippen LogP contribution is -2.23. The Morgan fingerprint density at radius 1 is 1.21 bits per heavy atom. The van der Waals surface area contributed by atoms with Crippen LogP contribution in [0.15, 0.2) is 36.5 Å². The Bertz CT molecular complexity index is 621. The average molecular weight is 257 g/mol. The molecule has 0 fully saturated rings. The lowest BCUT2D eigenvalue weighted by molar-refractivity contribution is 0.616. The van der Waals surface area contributed by atoms with Gasteiger partial charge < -0.3 is 4.90 Å². The molecule has 1 aromatic heterocycles. The Morgan fingerprint density at radius 3 is 2.53 bits per heavy atom. The highest BCUT2D eigenvalue weighted by Crippen LogP contribution is 2.21. The molecule has 1 N–H and O–H groups in total. The van der Waals surface area contributed by atoms with Crippen LogP contribution in [-0.2, 0) is 0 Å². The average Bonchev–Trinajstić information content (AvgIpc) is 2.37. The number of amidine groups is 1. The van der Waals surface area contributed by atoms with Gasteiger partial charge in [0.2, 0.25) is 0 Å². The number of nitrogens with one attached hydrogen (secondary N) is 1. The zero-order valence-corrected chi connectivity index (χ0v) is 11.2. The van der Waals surface area contributed by atoms with Gasteiger partial charge in [0, 0.05) is 25.9 Å². The molecule has 0 radical (unpaired) electrons. The van der Waals surface area contributed by atoms with Gasteiger partial charge in [0.25, 0.3) is 0 Å². The van der Waals surface area contributed by atoms with Crippen LogP contribution in [0.25, 0.3) is 11.1 Å². The number of benzene rings is 1. The van der Waals surface area contributed by atoms with Crippen LogP contribution in [0.4, 0.5) is 4.39 Å². The normalized spacial score (nSPS) is 10.3. The maximum Gasteiger partial charge on any atom is 0.146 e. The van der Waals surface area contributed by atoms with Gasteiger partial charge in [0.1, 0.15) is 17.3 Å². The molecule has 0 aliphatic heterocycles. The second-order valence-corrected chi connectivity index (χ2v) is 4.64. The molecule has 0 aliphatic rings. The Balaban J connectivity index is 2.42. The van der Waals surface area contributed by atoms with Gasteiger partial charge >= 0.3 is 0 Å². The maximum absolute atomic E-state index is 13.2. The minimum absolute atomic E-state index is 0.264. The third kappa shape index (κ3) is 2.78. The smallest absolute Gasteiger partial charge is 0.146 e. The fourth-order valence-electron chi connectivity index (χ4n) is 1.86. The second kappa shape index (κ2) is 5.18. The van der Waals surface area contributed by atoms with E-state index >= 15 is 0 Å². The van der Waals surface area contributed by atoms with Gasteiger partial charge in [0.05, 0.1) is 0 Å². The summed E-state index contributed by atoms with van der Waals surface area (Å²) in [6.07, 6.45) is 1.68. The highest BCUT2D eigenvalue weighted by molar-refractivity contribution is 5.95. The van der Waals surface area contributed by atoms with Crippen molar-refractivity contribution in [1.82, 2.24) is 9.88 Å². The Morgan fingerprint density at radius 2 is 1.95 bits per heavy atom. The summed E-state index contributed by atoms with van der Waals surface area (Å²) in [5, 5.41) is 7.94. The van der Waals surface area contributed by atoms with Crippen molar-refractivity contribution in [2.24, 2.45) is 0 Å². The van der Waals surface area contributed by atoms with Gasteiger partial charge in [-0.1, -0.05) is 12.1 Å². The van der Waals surface area contributed by atoms with Gasteiger partial charge in [-0.2, -0.15) is 0 Å². The van der Waals surface area contributed by atoms with E-state index in [4.69, 9.17) is 5.41 Å². The molecular formula is C15H16FN3. The van der Waals surface area contributed by atoms with E-state index in [2.05, 4.69) is 4.98 Å². The molecule has 0 spiro atoms. The number of rotatable bonds is 2. The molecule has 0 amide bonds. The van der Waals surface area contributed by atoms with Crippen molar-refractivity contribution in [2.75, 3.05) is 14.1 Å². The van der Waals surface area contributed by atoms with E-state index in [0.29, 0.717) is 11.5 Å². The summed E-state index contributed by atoms with van der Waals surface area (Å²) in [4.78, 5) is 6.02. The van der Waals surface area contributed by atoms with E-state index in [1.807, 2.05) is 33.2 Å². The fraction of sp³-hybridized carbons (Fsp3) is 0.200. The molecule has 4 heteroatoms. The summed E-state index contributed by atoms with van der Waals surface area (Å²) < 4.78 is 13.2. The van der Waals surface area contributed by atoms with Gasteiger partial charge in [-0.3, -0.25) is 10.4 Å². The third-order valence-electron chi connectivity index (χ3n) is 2.91. The molecule has 0 bridgehead atoms. The zero-order chi connectivity index (χ0) is 14.0. The monoisotopic (exact) mass is 257 g/mol. The van der Waals surface area contributed by atoms with Crippen LogP contribution < -0.4 is 0 Å². The van der Waals surface area contributed by atoms with Crippen molar-refractivity contribution in [1.29, 1.82) is 5.41 Å². The SMILES string of the molecule is Cc1cc(-c2cccc(F)c2)cnc1C(=N)N(C)C. The first-order valence-electron chi connectivity index (χ1n) is 5.98. The number of pyridine rings is 1. The molecule has 2 aromatic rings. The van der Waals surface area contributed by atoms with Crippen molar-refractivity contribution in [2.45, 2.75) is 6.92 Å². The van der Waals surface area contributed by atoms with Crippen LogP contribution in [0.1, 0.15) is 11.3 Å². The van der Waals surface area contributed by atoms with Gasteiger partial charge in [-0.15, -0.1) is 0 Å². The number of hydrogen-bond acceptors (Lipinski definition) is 2. The lowest BCUT2D eigenvalue weighted by Gasteiger charge is -2.15. The van der Waals surface area contributed by atoms with Crippen molar-refractivity contribution in [3.8, 4) is 11.1 Å². The number of halogens is 1. The summed E-state index contributed by atoms with van der Waals surface area (Å²) in [5.74, 6) is 0.101. The van der Waals surface area contributed by atoms with Gasteiger partial charge in [-0.25, -0.2) is 4.39 Å². The number of nitrogens with zero attached hydrogens (tertiary/aromatic N) is 2. The molecule has 0 saturated heterocycles. The highest BCUT2D eigenvalue weighted by atomic mass is 19.1. The molecule has 1 heterocycles. The predicted molar refractivity (Wildman–Crippen MR) is 74.9 cm³/mol. The van der Waals surface area contributed by atoms with Gasteiger partial charge in [0.15, 0.2) is 0 Å². The molecule has 1 aromatic carbocycles. The predicted octanol–water partition coefficient (Wildman–Crippen LogP) is 3.08. The molecule has 0 saturated carbocycles. The van der Waals surface area contributed by atoms with Crippen molar-refractivity contribution < 1.29 is 4.39 Å². The molecule has 98 valence electrons.